The Labute approximate surface area is 170 Å². The summed E-state index contributed by atoms with van der Waals surface area (Å²) in [7, 11) is -3.57. The smallest absolute Gasteiger partial charge is 0.251 e. The first-order chi connectivity index (χ1) is 13.4. The Morgan fingerprint density at radius 1 is 1.11 bits per heavy atom. The lowest BCUT2D eigenvalue weighted by molar-refractivity contribution is 0.0951. The number of amides is 1. The average Bonchev–Trinajstić information content (AvgIpc) is 2.95. The number of nitrogens with zero attached hydrogens (tertiary/aromatic N) is 2. The normalized spacial score (nSPS) is 16.1. The Balaban J connectivity index is 1.97. The first-order valence-corrected chi connectivity index (χ1v) is 12.0. The molecule has 1 aliphatic heterocycles. The number of hydrogen-bond acceptors (Lipinski definition) is 4. The summed E-state index contributed by atoms with van der Waals surface area (Å²) < 4.78 is 26.9. The molecular weight excluding hydrogens is 374 g/mol. The van der Waals surface area contributed by atoms with E-state index in [0.29, 0.717) is 25.2 Å². The van der Waals surface area contributed by atoms with Crippen LogP contribution in [-0.4, -0.2) is 62.8 Å². The van der Waals surface area contributed by atoms with Crippen LogP contribution in [0.3, 0.4) is 0 Å². The summed E-state index contributed by atoms with van der Waals surface area (Å²) in [6.07, 6.45) is 6.07. The van der Waals surface area contributed by atoms with E-state index in [9.17, 15) is 13.2 Å². The summed E-state index contributed by atoms with van der Waals surface area (Å²) >= 11 is 0. The van der Waals surface area contributed by atoms with Crippen molar-refractivity contribution in [2.45, 2.75) is 57.8 Å². The first kappa shape index (κ1) is 22.8. The van der Waals surface area contributed by atoms with Gasteiger partial charge in [-0.05, 0) is 63.5 Å². The zero-order valence-electron chi connectivity index (χ0n) is 17.5. The van der Waals surface area contributed by atoms with Gasteiger partial charge in [-0.2, -0.15) is 4.31 Å². The minimum Gasteiger partial charge on any atom is -0.352 e. The molecule has 1 amide bonds. The van der Waals surface area contributed by atoms with E-state index in [0.717, 1.165) is 31.6 Å². The number of nitrogens with one attached hydrogen (secondary N) is 1. The third kappa shape index (κ3) is 6.03. The number of carbonyl (C=O) groups is 1. The second-order valence-electron chi connectivity index (χ2n) is 7.43. The Morgan fingerprint density at radius 2 is 1.75 bits per heavy atom. The predicted octanol–water partition coefficient (Wildman–Crippen LogP) is 3.02. The van der Waals surface area contributed by atoms with Gasteiger partial charge in [0.05, 0.1) is 4.90 Å². The van der Waals surface area contributed by atoms with Crippen molar-refractivity contribution in [3.63, 3.8) is 0 Å². The van der Waals surface area contributed by atoms with Gasteiger partial charge in [-0.15, -0.1) is 0 Å². The average molecular weight is 410 g/mol. The van der Waals surface area contributed by atoms with Crippen molar-refractivity contribution >= 4 is 15.9 Å². The second-order valence-corrected chi connectivity index (χ2v) is 9.37. The number of sulfonamides is 1. The van der Waals surface area contributed by atoms with Crippen molar-refractivity contribution in [1.82, 2.24) is 14.5 Å². The number of benzene rings is 1. The van der Waals surface area contributed by atoms with E-state index in [1.54, 1.807) is 12.1 Å². The molecule has 1 N–H and O–H groups in total. The van der Waals surface area contributed by atoms with Gasteiger partial charge in [0.25, 0.3) is 5.91 Å². The molecule has 28 heavy (non-hydrogen) atoms. The van der Waals surface area contributed by atoms with Crippen LogP contribution in [0.25, 0.3) is 0 Å². The van der Waals surface area contributed by atoms with Crippen molar-refractivity contribution in [3.8, 4) is 0 Å². The number of hydrogen-bond donors (Lipinski definition) is 1. The van der Waals surface area contributed by atoms with Crippen LogP contribution in [-0.2, 0) is 10.0 Å². The summed E-state index contributed by atoms with van der Waals surface area (Å²) in [4.78, 5) is 15.3. The molecule has 0 aromatic heterocycles. The van der Waals surface area contributed by atoms with E-state index in [1.807, 2.05) is 20.8 Å². The minimum absolute atomic E-state index is 0.177. The van der Waals surface area contributed by atoms with E-state index < -0.39 is 10.0 Å². The lowest BCUT2D eigenvalue weighted by Crippen LogP contribution is -2.32. The summed E-state index contributed by atoms with van der Waals surface area (Å²) in [6, 6.07) is 4.80. The summed E-state index contributed by atoms with van der Waals surface area (Å²) in [5.41, 5.74) is 1.21. The Hall–Kier alpha value is -1.44. The molecule has 0 spiro atoms. The lowest BCUT2D eigenvalue weighted by Gasteiger charge is -2.20. The largest absolute Gasteiger partial charge is 0.352 e. The van der Waals surface area contributed by atoms with Gasteiger partial charge < -0.3 is 10.2 Å². The molecule has 1 aromatic rings. The molecule has 1 aliphatic rings. The maximum absolute atomic E-state index is 12.7. The molecule has 0 radical (unpaired) electrons. The SMILES string of the molecule is CCN(CC)S(=O)(=O)c1ccc(C)c(C(=O)NCCCN2CCCCCC2)c1. The van der Waals surface area contributed by atoms with E-state index in [-0.39, 0.29) is 10.8 Å². The van der Waals surface area contributed by atoms with Gasteiger partial charge in [-0.1, -0.05) is 32.8 Å². The molecular formula is C21H35N3O3S. The number of aryl methyl sites for hydroxylation is 1. The second kappa shape index (κ2) is 10.9. The molecule has 1 heterocycles. The van der Waals surface area contributed by atoms with Gasteiger partial charge in [0.1, 0.15) is 0 Å². The predicted molar refractivity (Wildman–Crippen MR) is 113 cm³/mol. The molecule has 0 bridgehead atoms. The van der Waals surface area contributed by atoms with Crippen LogP contribution >= 0.6 is 0 Å². The van der Waals surface area contributed by atoms with Crippen LogP contribution in [0.4, 0.5) is 0 Å². The lowest BCUT2D eigenvalue weighted by atomic mass is 10.1. The maximum Gasteiger partial charge on any atom is 0.251 e. The fraction of sp³-hybridized carbons (Fsp3) is 0.667. The highest BCUT2D eigenvalue weighted by Crippen LogP contribution is 2.19. The molecule has 0 atom stereocenters. The van der Waals surface area contributed by atoms with Crippen molar-refractivity contribution in [2.24, 2.45) is 0 Å². The van der Waals surface area contributed by atoms with E-state index in [1.165, 1.54) is 36.1 Å². The fourth-order valence-electron chi connectivity index (χ4n) is 3.68. The van der Waals surface area contributed by atoms with E-state index in [4.69, 9.17) is 0 Å². The monoisotopic (exact) mass is 409 g/mol. The Bertz CT molecular complexity index is 737. The summed E-state index contributed by atoms with van der Waals surface area (Å²) in [5, 5.41) is 2.96. The number of rotatable bonds is 9. The van der Waals surface area contributed by atoms with Gasteiger partial charge in [0.2, 0.25) is 10.0 Å². The number of likely N-dealkylation sites (tertiary alicyclic amines) is 1. The molecule has 6 nitrogen and oxygen atoms in total. The molecule has 1 aromatic carbocycles. The zero-order valence-corrected chi connectivity index (χ0v) is 18.4. The van der Waals surface area contributed by atoms with Crippen LogP contribution < -0.4 is 5.32 Å². The quantitative estimate of drug-likeness (QED) is 0.637. The molecule has 1 saturated heterocycles. The van der Waals surface area contributed by atoms with Gasteiger partial charge in [-0.25, -0.2) is 8.42 Å². The van der Waals surface area contributed by atoms with Gasteiger partial charge in [-0.3, -0.25) is 4.79 Å². The van der Waals surface area contributed by atoms with Crippen LogP contribution in [0, 0.1) is 6.92 Å². The van der Waals surface area contributed by atoms with Crippen molar-refractivity contribution < 1.29 is 13.2 Å². The highest BCUT2D eigenvalue weighted by Gasteiger charge is 2.23. The number of carbonyl (C=O) groups excluding carboxylic acids is 1. The van der Waals surface area contributed by atoms with Gasteiger partial charge >= 0.3 is 0 Å². The van der Waals surface area contributed by atoms with Gasteiger partial charge in [0.15, 0.2) is 0 Å². The topological polar surface area (TPSA) is 69.7 Å². The molecule has 0 saturated carbocycles. The standard InChI is InChI=1S/C21H35N3O3S/c1-4-24(5-2)28(26,27)19-12-11-18(3)20(17-19)21(25)22-13-10-16-23-14-8-6-7-9-15-23/h11-12,17H,4-10,13-16H2,1-3H3,(H,22,25). The summed E-state index contributed by atoms with van der Waals surface area (Å²) in [6.45, 7) is 10.2. The Kier molecular flexibility index (Phi) is 8.92. The maximum atomic E-state index is 12.7. The molecule has 0 unspecified atom stereocenters. The third-order valence-corrected chi connectivity index (χ3v) is 7.48. The molecule has 0 aliphatic carbocycles. The molecule has 7 heteroatoms. The van der Waals surface area contributed by atoms with Gasteiger partial charge in [0, 0.05) is 25.2 Å². The Morgan fingerprint density at radius 3 is 2.36 bits per heavy atom. The van der Waals surface area contributed by atoms with E-state index in [2.05, 4.69) is 10.2 Å². The third-order valence-electron chi connectivity index (χ3n) is 5.43. The van der Waals surface area contributed by atoms with Crippen LogP contribution in [0.15, 0.2) is 23.1 Å². The molecule has 2 rings (SSSR count). The first-order valence-electron chi connectivity index (χ1n) is 10.5. The van der Waals surface area contributed by atoms with Crippen LogP contribution in [0.2, 0.25) is 0 Å². The van der Waals surface area contributed by atoms with Crippen LogP contribution in [0.5, 0.6) is 0 Å². The highest BCUT2D eigenvalue weighted by atomic mass is 32.2. The summed E-state index contributed by atoms with van der Waals surface area (Å²) in [5.74, 6) is -0.204. The van der Waals surface area contributed by atoms with Crippen molar-refractivity contribution in [2.75, 3.05) is 39.3 Å². The zero-order chi connectivity index (χ0) is 20.6. The molecule has 158 valence electrons. The van der Waals surface area contributed by atoms with E-state index >= 15 is 0 Å². The molecule has 1 fully saturated rings. The fourth-order valence-corrected chi connectivity index (χ4v) is 5.16. The highest BCUT2D eigenvalue weighted by molar-refractivity contribution is 7.89. The van der Waals surface area contributed by atoms with Crippen LogP contribution in [0.1, 0.15) is 61.9 Å². The van der Waals surface area contributed by atoms with Crippen molar-refractivity contribution in [3.05, 3.63) is 29.3 Å². The van der Waals surface area contributed by atoms with Crippen molar-refractivity contribution in [1.29, 1.82) is 0 Å². The minimum atomic E-state index is -3.57.